The van der Waals surface area contributed by atoms with Crippen molar-refractivity contribution in [1.29, 1.82) is 0 Å². The summed E-state index contributed by atoms with van der Waals surface area (Å²) in [6.45, 7) is 2.51. The van der Waals surface area contributed by atoms with Gasteiger partial charge < -0.3 is 9.47 Å². The molecule has 1 aliphatic rings. The first-order valence-corrected chi connectivity index (χ1v) is 6.47. The number of aromatic nitrogens is 1. The maximum Gasteiger partial charge on any atom is 0.242 e. The highest BCUT2D eigenvalue weighted by molar-refractivity contribution is 5.84. The zero-order valence-electron chi connectivity index (χ0n) is 10.9. The third-order valence-electron chi connectivity index (χ3n) is 3.80. The Morgan fingerprint density at radius 3 is 2.83 bits per heavy atom. The zero-order chi connectivity index (χ0) is 12.7. The van der Waals surface area contributed by atoms with Crippen LogP contribution in [0.1, 0.15) is 18.5 Å². The molecule has 0 atom stereocenters. The van der Waals surface area contributed by atoms with Gasteiger partial charge in [-0.15, -0.1) is 0 Å². The number of likely N-dealkylation sites (N-methyl/N-ethyl adjacent to an activating group) is 1. The fourth-order valence-electron chi connectivity index (χ4n) is 2.47. The monoisotopic (exact) mass is 242 g/mol. The molecule has 0 saturated heterocycles. The molecule has 1 fully saturated rings. The van der Waals surface area contributed by atoms with Crippen LogP contribution in [0.25, 0.3) is 10.9 Å². The molecule has 3 heteroatoms. The van der Waals surface area contributed by atoms with Crippen LogP contribution < -0.4 is 0 Å². The number of rotatable bonds is 3. The summed E-state index contributed by atoms with van der Waals surface area (Å²) in [6.07, 6.45) is 2.32. The molecule has 3 rings (SSSR count). The predicted octanol–water partition coefficient (Wildman–Crippen LogP) is 2.57. The second kappa shape index (κ2) is 4.16. The zero-order valence-corrected chi connectivity index (χ0v) is 10.9. The number of hydrogen-bond donors (Lipinski definition) is 0. The fraction of sp³-hybridized carbons (Fsp3) is 0.400. The maximum absolute atomic E-state index is 12.2. The van der Waals surface area contributed by atoms with Gasteiger partial charge in [-0.25, -0.2) is 0 Å². The lowest BCUT2D eigenvalue weighted by atomic mass is 10.2. The summed E-state index contributed by atoms with van der Waals surface area (Å²) in [5.41, 5.74) is 2.29. The first-order chi connectivity index (χ1) is 8.66. The van der Waals surface area contributed by atoms with Crippen LogP contribution in [0.5, 0.6) is 0 Å². The predicted molar refractivity (Wildman–Crippen MR) is 72.5 cm³/mol. The minimum atomic E-state index is 0.210. The first kappa shape index (κ1) is 11.3. The van der Waals surface area contributed by atoms with Gasteiger partial charge in [0.25, 0.3) is 0 Å². The van der Waals surface area contributed by atoms with Crippen LogP contribution >= 0.6 is 0 Å². The summed E-state index contributed by atoms with van der Waals surface area (Å²) in [5.74, 6) is 0.210. The average Bonchev–Trinajstić information content (AvgIpc) is 3.15. The molecule has 1 heterocycles. The van der Waals surface area contributed by atoms with Gasteiger partial charge in [0.15, 0.2) is 0 Å². The van der Waals surface area contributed by atoms with Gasteiger partial charge in [0.1, 0.15) is 6.54 Å². The highest BCUT2D eigenvalue weighted by atomic mass is 16.2. The van der Waals surface area contributed by atoms with E-state index >= 15 is 0 Å². The second-order valence-electron chi connectivity index (χ2n) is 5.17. The van der Waals surface area contributed by atoms with Crippen molar-refractivity contribution in [3.05, 3.63) is 36.0 Å². The van der Waals surface area contributed by atoms with Gasteiger partial charge in [0, 0.05) is 24.3 Å². The Kier molecular flexibility index (Phi) is 2.62. The molecule has 1 amide bonds. The molecule has 1 saturated carbocycles. The van der Waals surface area contributed by atoms with Crippen LogP contribution in [0.2, 0.25) is 0 Å². The lowest BCUT2D eigenvalue weighted by Crippen LogP contribution is -2.32. The van der Waals surface area contributed by atoms with Gasteiger partial charge in [0.2, 0.25) is 5.91 Å². The van der Waals surface area contributed by atoms with Crippen molar-refractivity contribution >= 4 is 16.8 Å². The van der Waals surface area contributed by atoms with Gasteiger partial charge in [-0.1, -0.05) is 18.2 Å². The van der Waals surface area contributed by atoms with Gasteiger partial charge in [-0.2, -0.15) is 0 Å². The molecule has 0 radical (unpaired) electrons. The van der Waals surface area contributed by atoms with E-state index in [1.807, 2.05) is 24.1 Å². The van der Waals surface area contributed by atoms with E-state index in [0.29, 0.717) is 12.6 Å². The first-order valence-electron chi connectivity index (χ1n) is 6.47. The van der Waals surface area contributed by atoms with E-state index in [-0.39, 0.29) is 5.91 Å². The summed E-state index contributed by atoms with van der Waals surface area (Å²) in [6, 6.07) is 10.8. The molecule has 18 heavy (non-hydrogen) atoms. The molecule has 1 aromatic carbocycles. The van der Waals surface area contributed by atoms with Crippen molar-refractivity contribution < 1.29 is 4.79 Å². The number of amides is 1. The number of carbonyl (C=O) groups is 1. The van der Waals surface area contributed by atoms with Gasteiger partial charge in [-0.05, 0) is 37.3 Å². The quantitative estimate of drug-likeness (QED) is 0.812. The summed E-state index contributed by atoms with van der Waals surface area (Å²) in [7, 11) is 1.92. The SMILES string of the molecule is Cc1cc2ccccc2n1CC(=O)N(C)C1CC1. The van der Waals surface area contributed by atoms with E-state index in [9.17, 15) is 4.79 Å². The molecular formula is C15H18N2O. The highest BCUT2D eigenvalue weighted by Crippen LogP contribution is 2.26. The van der Waals surface area contributed by atoms with E-state index in [0.717, 1.165) is 24.1 Å². The summed E-state index contributed by atoms with van der Waals surface area (Å²) >= 11 is 0. The van der Waals surface area contributed by atoms with Crippen LogP contribution in [0.4, 0.5) is 0 Å². The normalized spacial score (nSPS) is 15.0. The molecule has 1 aliphatic carbocycles. The van der Waals surface area contributed by atoms with Crippen LogP contribution in [0, 0.1) is 6.92 Å². The molecule has 0 aliphatic heterocycles. The number of para-hydroxylation sites is 1. The third kappa shape index (κ3) is 1.90. The van der Waals surface area contributed by atoms with E-state index in [2.05, 4.69) is 29.7 Å². The van der Waals surface area contributed by atoms with Gasteiger partial charge >= 0.3 is 0 Å². The highest BCUT2D eigenvalue weighted by Gasteiger charge is 2.29. The third-order valence-corrected chi connectivity index (χ3v) is 3.80. The molecule has 0 N–H and O–H groups in total. The van der Waals surface area contributed by atoms with Crippen LogP contribution in [0.15, 0.2) is 30.3 Å². The Bertz CT molecular complexity index is 596. The van der Waals surface area contributed by atoms with E-state index in [4.69, 9.17) is 0 Å². The lowest BCUT2D eigenvalue weighted by Gasteiger charge is -2.17. The lowest BCUT2D eigenvalue weighted by molar-refractivity contribution is -0.130. The Labute approximate surface area is 107 Å². The topological polar surface area (TPSA) is 25.2 Å². The number of nitrogens with zero attached hydrogens (tertiary/aromatic N) is 2. The Morgan fingerprint density at radius 2 is 2.11 bits per heavy atom. The van der Waals surface area contributed by atoms with Crippen LogP contribution in [0.3, 0.4) is 0 Å². The summed E-state index contributed by atoms with van der Waals surface area (Å²) in [5, 5.41) is 1.21. The minimum Gasteiger partial charge on any atom is -0.341 e. The van der Waals surface area contributed by atoms with Crippen LogP contribution in [-0.2, 0) is 11.3 Å². The molecule has 2 aromatic rings. The second-order valence-corrected chi connectivity index (χ2v) is 5.17. The van der Waals surface area contributed by atoms with Gasteiger partial charge in [-0.3, -0.25) is 4.79 Å². The van der Waals surface area contributed by atoms with E-state index < -0.39 is 0 Å². The standard InChI is InChI=1S/C15H18N2O/c1-11-9-12-5-3-4-6-14(12)17(11)10-15(18)16(2)13-7-8-13/h3-6,9,13H,7-8,10H2,1-2H3. The average molecular weight is 242 g/mol. The maximum atomic E-state index is 12.2. The number of carbonyl (C=O) groups excluding carboxylic acids is 1. The van der Waals surface area contributed by atoms with Crippen molar-refractivity contribution in [2.24, 2.45) is 0 Å². The molecule has 1 aromatic heterocycles. The molecule has 3 nitrogen and oxygen atoms in total. The molecule has 0 unspecified atom stereocenters. The largest absolute Gasteiger partial charge is 0.341 e. The van der Waals surface area contributed by atoms with Crippen LogP contribution in [-0.4, -0.2) is 28.5 Å². The van der Waals surface area contributed by atoms with Crippen molar-refractivity contribution in [3.63, 3.8) is 0 Å². The Balaban J connectivity index is 1.89. The summed E-state index contributed by atoms with van der Waals surface area (Å²) < 4.78 is 2.11. The molecule has 0 spiro atoms. The van der Waals surface area contributed by atoms with E-state index in [1.54, 1.807) is 0 Å². The molecule has 0 bridgehead atoms. The number of fused-ring (bicyclic) bond motifs is 1. The Morgan fingerprint density at radius 1 is 1.39 bits per heavy atom. The minimum absolute atomic E-state index is 0.210. The van der Waals surface area contributed by atoms with Crippen molar-refractivity contribution in [2.75, 3.05) is 7.05 Å². The Hall–Kier alpha value is -1.77. The molecular weight excluding hydrogens is 224 g/mol. The number of aryl methyl sites for hydroxylation is 1. The van der Waals surface area contributed by atoms with E-state index in [1.165, 1.54) is 5.39 Å². The summed E-state index contributed by atoms with van der Waals surface area (Å²) in [4.78, 5) is 14.1. The number of benzene rings is 1. The van der Waals surface area contributed by atoms with Crippen molar-refractivity contribution in [1.82, 2.24) is 9.47 Å². The number of hydrogen-bond acceptors (Lipinski definition) is 1. The smallest absolute Gasteiger partial charge is 0.242 e. The van der Waals surface area contributed by atoms with Gasteiger partial charge in [0.05, 0.1) is 0 Å². The fourth-order valence-corrected chi connectivity index (χ4v) is 2.47. The molecule has 94 valence electrons. The van der Waals surface area contributed by atoms with Crippen molar-refractivity contribution in [3.8, 4) is 0 Å². The van der Waals surface area contributed by atoms with Crippen molar-refractivity contribution in [2.45, 2.75) is 32.4 Å².